The predicted octanol–water partition coefficient (Wildman–Crippen LogP) is 4.70. The average molecular weight is 522 g/mol. The van der Waals surface area contributed by atoms with E-state index in [2.05, 4.69) is 0 Å². The van der Waals surface area contributed by atoms with E-state index in [0.29, 0.717) is 11.3 Å². The second-order valence-electron chi connectivity index (χ2n) is 8.84. The second-order valence-corrected chi connectivity index (χ2v) is 9.62. The van der Waals surface area contributed by atoms with Crippen LogP contribution in [0, 0.1) is 11.8 Å². The van der Waals surface area contributed by atoms with Gasteiger partial charge in [-0.25, -0.2) is 4.90 Å². The Bertz CT molecular complexity index is 1470. The molecule has 3 aromatic rings. The van der Waals surface area contributed by atoms with Crippen LogP contribution in [0.2, 0.25) is 10.0 Å². The van der Waals surface area contributed by atoms with Crippen molar-refractivity contribution in [1.82, 2.24) is 0 Å². The third-order valence-corrected chi connectivity index (χ3v) is 7.95. The number of halogens is 2. The Morgan fingerprint density at radius 1 is 0.861 bits per heavy atom. The Kier molecular flexibility index (Phi) is 5.09. The fraction of sp³-hybridized carbons (Fsp3) is 0.185. The predicted molar refractivity (Wildman–Crippen MR) is 131 cm³/mol. The summed E-state index contributed by atoms with van der Waals surface area (Å²) >= 11 is 12.7. The number of hydrogen-bond donors (Lipinski definition) is 0. The zero-order valence-electron chi connectivity index (χ0n) is 18.7. The molecular weight excluding hydrogens is 505 g/mol. The number of benzene rings is 3. The van der Waals surface area contributed by atoms with E-state index in [-0.39, 0.29) is 26.9 Å². The van der Waals surface area contributed by atoms with Gasteiger partial charge in [0.15, 0.2) is 0 Å². The van der Waals surface area contributed by atoms with Crippen molar-refractivity contribution in [3.05, 3.63) is 93.5 Å². The third-order valence-electron chi connectivity index (χ3n) is 7.12. The maximum absolute atomic E-state index is 14.0. The topological polar surface area (TPSA) is 90.0 Å². The summed E-state index contributed by atoms with van der Waals surface area (Å²) < 4.78 is 11.5. The highest BCUT2D eigenvalue weighted by atomic mass is 35.5. The van der Waals surface area contributed by atoms with Crippen molar-refractivity contribution < 1.29 is 28.7 Å². The van der Waals surface area contributed by atoms with Gasteiger partial charge in [-0.05, 0) is 18.2 Å². The van der Waals surface area contributed by atoms with Gasteiger partial charge in [-0.2, -0.15) is 0 Å². The molecule has 0 N–H and O–H groups in total. The van der Waals surface area contributed by atoms with Gasteiger partial charge < -0.3 is 9.47 Å². The number of fused-ring (bicyclic) bond motifs is 3. The molecule has 2 heterocycles. The van der Waals surface area contributed by atoms with E-state index in [1.807, 2.05) is 0 Å². The summed E-state index contributed by atoms with van der Waals surface area (Å²) in [6.07, 6.45) is -1.16. The molecule has 2 fully saturated rings. The van der Waals surface area contributed by atoms with Gasteiger partial charge in [0.1, 0.15) is 5.75 Å². The van der Waals surface area contributed by atoms with Crippen LogP contribution >= 0.6 is 23.2 Å². The molecular formula is C27H17Cl2NO6. The van der Waals surface area contributed by atoms with Crippen molar-refractivity contribution >= 4 is 52.3 Å². The van der Waals surface area contributed by atoms with E-state index in [4.69, 9.17) is 32.7 Å². The number of anilines is 1. The number of ketones is 2. The first-order chi connectivity index (χ1) is 17.3. The van der Waals surface area contributed by atoms with E-state index in [9.17, 15) is 19.2 Å². The molecule has 0 aromatic heterocycles. The zero-order chi connectivity index (χ0) is 25.4. The standard InChI is InChI=1S/C27H17Cl2NO6/c1-35-14-7-4-6-13(12-14)30-25(33)19-20(26(30)34)27(23(31)15-8-2-3-9-16(15)24(27)32)36-22(19)17-10-5-11-18(28)21(17)29/h2-12,19-20,22H,1H3/t19-,20-,22-/m1/s1. The molecule has 1 spiro atoms. The first kappa shape index (κ1) is 22.9. The van der Waals surface area contributed by atoms with Gasteiger partial charge >= 0.3 is 0 Å². The summed E-state index contributed by atoms with van der Waals surface area (Å²) in [7, 11) is 1.47. The Morgan fingerprint density at radius 3 is 2.19 bits per heavy atom. The molecule has 3 aliphatic rings. The van der Waals surface area contributed by atoms with Gasteiger partial charge in [0.05, 0.1) is 40.8 Å². The number of carbonyl (C=O) groups is 4. The van der Waals surface area contributed by atoms with Crippen LogP contribution in [0.4, 0.5) is 5.69 Å². The van der Waals surface area contributed by atoms with Crippen molar-refractivity contribution in [3.63, 3.8) is 0 Å². The van der Waals surface area contributed by atoms with Crippen molar-refractivity contribution in [2.24, 2.45) is 11.8 Å². The Balaban J connectivity index is 1.56. The van der Waals surface area contributed by atoms with Gasteiger partial charge in [-0.15, -0.1) is 0 Å². The van der Waals surface area contributed by atoms with Gasteiger partial charge in [-0.1, -0.05) is 65.7 Å². The molecule has 0 saturated carbocycles. The van der Waals surface area contributed by atoms with Crippen LogP contribution in [0.3, 0.4) is 0 Å². The van der Waals surface area contributed by atoms with Crippen LogP contribution in [-0.4, -0.2) is 36.1 Å². The van der Waals surface area contributed by atoms with Crippen molar-refractivity contribution in [1.29, 1.82) is 0 Å². The van der Waals surface area contributed by atoms with E-state index in [1.165, 1.54) is 19.2 Å². The molecule has 1 aliphatic carbocycles. The van der Waals surface area contributed by atoms with Gasteiger partial charge in [0, 0.05) is 22.8 Å². The van der Waals surface area contributed by atoms with Crippen LogP contribution < -0.4 is 9.64 Å². The lowest BCUT2D eigenvalue weighted by atomic mass is 9.77. The smallest absolute Gasteiger partial charge is 0.241 e. The van der Waals surface area contributed by atoms with Gasteiger partial charge in [-0.3, -0.25) is 19.2 Å². The molecule has 3 aromatic carbocycles. The van der Waals surface area contributed by atoms with E-state index in [1.54, 1.807) is 54.6 Å². The lowest BCUT2D eigenvalue weighted by molar-refractivity contribution is -0.127. The van der Waals surface area contributed by atoms with Crippen molar-refractivity contribution in [3.8, 4) is 5.75 Å². The lowest BCUT2D eigenvalue weighted by Crippen LogP contribution is -2.51. The molecule has 0 unspecified atom stereocenters. The summed E-state index contributed by atoms with van der Waals surface area (Å²) in [6, 6.07) is 17.5. The molecule has 3 atom stereocenters. The molecule has 2 saturated heterocycles. The largest absolute Gasteiger partial charge is 0.497 e. The van der Waals surface area contributed by atoms with Gasteiger partial charge in [0.2, 0.25) is 29.0 Å². The first-order valence-corrected chi connectivity index (χ1v) is 11.9. The van der Waals surface area contributed by atoms with E-state index < -0.39 is 46.9 Å². The molecule has 2 amide bonds. The molecule has 2 aliphatic heterocycles. The summed E-state index contributed by atoms with van der Waals surface area (Å²) in [4.78, 5) is 56.4. The van der Waals surface area contributed by atoms with Crippen LogP contribution in [0.15, 0.2) is 66.7 Å². The third kappa shape index (κ3) is 2.85. The molecule has 0 radical (unpaired) electrons. The highest BCUT2D eigenvalue weighted by Gasteiger charge is 2.75. The number of imide groups is 1. The second kappa shape index (κ2) is 8.00. The summed E-state index contributed by atoms with van der Waals surface area (Å²) in [6.45, 7) is 0. The molecule has 7 nitrogen and oxygen atoms in total. The number of hydrogen-bond acceptors (Lipinski definition) is 6. The fourth-order valence-electron chi connectivity index (χ4n) is 5.54. The summed E-state index contributed by atoms with van der Waals surface area (Å²) in [5, 5.41) is 0.333. The maximum Gasteiger partial charge on any atom is 0.241 e. The molecule has 36 heavy (non-hydrogen) atoms. The van der Waals surface area contributed by atoms with Crippen LogP contribution in [0.5, 0.6) is 5.75 Å². The molecule has 6 rings (SSSR count). The lowest BCUT2D eigenvalue weighted by Gasteiger charge is -2.27. The minimum atomic E-state index is -2.19. The molecule has 9 heteroatoms. The quantitative estimate of drug-likeness (QED) is 0.366. The first-order valence-electron chi connectivity index (χ1n) is 11.1. The Morgan fingerprint density at radius 2 is 1.53 bits per heavy atom. The summed E-state index contributed by atoms with van der Waals surface area (Å²) in [5.74, 6) is -4.72. The van der Waals surface area contributed by atoms with Crippen molar-refractivity contribution in [2.75, 3.05) is 12.0 Å². The molecule has 0 bridgehead atoms. The SMILES string of the molecule is COc1cccc(N2C(=O)[C@H]3[C@@H](c4cccc(Cl)c4Cl)OC4(C(=O)c5ccccc5C4=O)[C@H]3C2=O)c1. The number of rotatable bonds is 3. The van der Waals surface area contributed by atoms with E-state index in [0.717, 1.165) is 4.90 Å². The zero-order valence-corrected chi connectivity index (χ0v) is 20.2. The molecule has 180 valence electrons. The number of Topliss-reactive ketones (excluding diaryl/α,β-unsaturated/α-hetero) is 2. The normalized spacial score (nSPS) is 24.0. The van der Waals surface area contributed by atoms with Crippen LogP contribution in [0.1, 0.15) is 32.4 Å². The summed E-state index contributed by atoms with van der Waals surface area (Å²) in [5.41, 5.74) is -1.30. The van der Waals surface area contributed by atoms with Gasteiger partial charge in [0.25, 0.3) is 0 Å². The maximum atomic E-state index is 14.0. The minimum absolute atomic E-state index is 0.121. The Hall–Kier alpha value is -3.52. The highest BCUT2D eigenvalue weighted by Crippen LogP contribution is 2.58. The number of amides is 2. The van der Waals surface area contributed by atoms with E-state index >= 15 is 0 Å². The van der Waals surface area contributed by atoms with Crippen LogP contribution in [0.25, 0.3) is 0 Å². The Labute approximate surface area is 215 Å². The number of carbonyl (C=O) groups excluding carboxylic acids is 4. The monoisotopic (exact) mass is 521 g/mol. The van der Waals surface area contributed by atoms with Crippen LogP contribution in [-0.2, 0) is 14.3 Å². The van der Waals surface area contributed by atoms with Crippen molar-refractivity contribution in [2.45, 2.75) is 11.7 Å². The fourth-order valence-corrected chi connectivity index (χ4v) is 5.96. The highest BCUT2D eigenvalue weighted by molar-refractivity contribution is 6.42. The average Bonchev–Trinajstić information content (AvgIpc) is 3.45. The number of methoxy groups -OCH3 is 1. The minimum Gasteiger partial charge on any atom is -0.497 e. The number of nitrogens with zero attached hydrogens (tertiary/aromatic N) is 1. The number of ether oxygens (including phenoxy) is 2.